The molecular weight excluding hydrogens is 218 g/mol. The third-order valence-corrected chi connectivity index (χ3v) is 1.74. The molecule has 0 fully saturated rings. The van der Waals surface area contributed by atoms with Crippen LogP contribution in [0.25, 0.3) is 0 Å². The molecule has 1 aromatic rings. The number of anilines is 2. The van der Waals surface area contributed by atoms with Gasteiger partial charge in [-0.05, 0) is 25.4 Å². The Bertz CT molecular complexity index is 333. The molecule has 0 bridgehead atoms. The van der Waals surface area contributed by atoms with Crippen LogP contribution in [-0.2, 0) is 4.84 Å². The second-order valence-electron chi connectivity index (χ2n) is 3.21. The Hall–Kier alpha value is -1.14. The lowest BCUT2D eigenvalue weighted by Crippen LogP contribution is -2.20. The molecule has 0 atom stereocenters. The number of aromatic nitrogens is 3. The summed E-state index contributed by atoms with van der Waals surface area (Å²) >= 11 is 5.75. The van der Waals surface area contributed by atoms with Crippen LogP contribution < -0.4 is 10.4 Å². The predicted octanol–water partition coefficient (Wildman–Crippen LogP) is 1.34. The number of nitrogens with zero attached hydrogens (tertiary/aromatic N) is 4. The molecule has 7 heteroatoms. The highest BCUT2D eigenvalue weighted by Gasteiger charge is 2.09. The summed E-state index contributed by atoms with van der Waals surface area (Å²) < 4.78 is 0. The fraction of sp³-hybridized carbons (Fsp3) is 0.625. The summed E-state index contributed by atoms with van der Waals surface area (Å²) in [6.07, 6.45) is 0. The monoisotopic (exact) mass is 231 g/mol. The molecule has 15 heavy (non-hydrogen) atoms. The lowest BCUT2D eigenvalue weighted by Gasteiger charge is -2.15. The molecule has 0 saturated heterocycles. The maximum Gasteiger partial charge on any atom is 0.255 e. The molecule has 0 radical (unpaired) electrons. The van der Waals surface area contributed by atoms with Crippen LogP contribution in [0.2, 0.25) is 5.28 Å². The van der Waals surface area contributed by atoms with E-state index in [2.05, 4.69) is 20.3 Å². The predicted molar refractivity (Wildman–Crippen MR) is 59.0 cm³/mol. The Morgan fingerprint density at radius 1 is 1.33 bits per heavy atom. The maximum atomic E-state index is 5.75. The molecule has 1 heterocycles. The minimum atomic E-state index is 0.132. The van der Waals surface area contributed by atoms with Crippen molar-refractivity contribution in [3.8, 4) is 0 Å². The van der Waals surface area contributed by atoms with Gasteiger partial charge in [0.2, 0.25) is 11.2 Å². The molecular formula is C8H14ClN5O. The molecule has 6 nitrogen and oxygen atoms in total. The van der Waals surface area contributed by atoms with Crippen LogP contribution >= 0.6 is 11.6 Å². The van der Waals surface area contributed by atoms with Crippen molar-refractivity contribution < 1.29 is 4.84 Å². The van der Waals surface area contributed by atoms with Crippen molar-refractivity contribution in [1.29, 1.82) is 0 Å². The Kier molecular flexibility index (Phi) is 4.05. The number of nitrogens with one attached hydrogen (secondary N) is 1. The third kappa shape index (κ3) is 3.49. The van der Waals surface area contributed by atoms with Gasteiger partial charge in [-0.15, -0.1) is 0 Å². The van der Waals surface area contributed by atoms with E-state index in [9.17, 15) is 0 Å². The summed E-state index contributed by atoms with van der Waals surface area (Å²) in [6.45, 7) is 3.97. The summed E-state index contributed by atoms with van der Waals surface area (Å²) in [4.78, 5) is 16.9. The van der Waals surface area contributed by atoms with Gasteiger partial charge in [-0.25, -0.2) is 5.06 Å². The first kappa shape index (κ1) is 11.9. The highest BCUT2D eigenvalue weighted by Crippen LogP contribution is 2.12. The largest absolute Gasteiger partial charge is 0.352 e. The van der Waals surface area contributed by atoms with Crippen LogP contribution in [0.1, 0.15) is 13.8 Å². The molecule has 0 aliphatic carbocycles. The second-order valence-corrected chi connectivity index (χ2v) is 3.55. The number of hydroxylamine groups is 1. The summed E-state index contributed by atoms with van der Waals surface area (Å²) in [6, 6.07) is 0.226. The van der Waals surface area contributed by atoms with Crippen LogP contribution in [0, 0.1) is 0 Å². The van der Waals surface area contributed by atoms with E-state index in [-0.39, 0.29) is 11.3 Å². The van der Waals surface area contributed by atoms with Gasteiger partial charge < -0.3 is 5.32 Å². The van der Waals surface area contributed by atoms with Crippen LogP contribution in [-0.4, -0.2) is 35.2 Å². The SMILES string of the molecule is CON(C)c1nc(Cl)nc(NC(C)C)n1. The molecule has 0 aromatic carbocycles. The van der Waals surface area contributed by atoms with Crippen molar-refractivity contribution in [2.45, 2.75) is 19.9 Å². The molecule has 0 spiro atoms. The topological polar surface area (TPSA) is 63.2 Å². The Balaban J connectivity index is 2.94. The first-order chi connectivity index (χ1) is 7.02. The van der Waals surface area contributed by atoms with Gasteiger partial charge in [0.15, 0.2) is 0 Å². The van der Waals surface area contributed by atoms with E-state index in [0.717, 1.165) is 0 Å². The van der Waals surface area contributed by atoms with E-state index in [4.69, 9.17) is 16.4 Å². The lowest BCUT2D eigenvalue weighted by molar-refractivity contribution is 0.180. The molecule has 1 N–H and O–H groups in total. The minimum absolute atomic E-state index is 0.132. The van der Waals surface area contributed by atoms with Crippen LogP contribution in [0.15, 0.2) is 0 Å². The van der Waals surface area contributed by atoms with Gasteiger partial charge in [-0.1, -0.05) is 0 Å². The quantitative estimate of drug-likeness (QED) is 0.790. The molecule has 0 amide bonds. The summed E-state index contributed by atoms with van der Waals surface area (Å²) in [5.41, 5.74) is 0. The molecule has 1 aromatic heterocycles. The fourth-order valence-electron chi connectivity index (χ4n) is 0.885. The van der Waals surface area contributed by atoms with Crippen LogP contribution in [0.4, 0.5) is 11.9 Å². The zero-order chi connectivity index (χ0) is 11.4. The molecule has 84 valence electrons. The van der Waals surface area contributed by atoms with Gasteiger partial charge in [0.25, 0.3) is 5.95 Å². The highest BCUT2D eigenvalue weighted by atomic mass is 35.5. The minimum Gasteiger partial charge on any atom is -0.352 e. The number of hydrogen-bond acceptors (Lipinski definition) is 6. The van der Waals surface area contributed by atoms with Gasteiger partial charge in [0.05, 0.1) is 7.11 Å². The van der Waals surface area contributed by atoms with E-state index in [0.29, 0.717) is 11.9 Å². The summed E-state index contributed by atoms with van der Waals surface area (Å²) in [5.74, 6) is 0.796. The lowest BCUT2D eigenvalue weighted by atomic mass is 10.4. The van der Waals surface area contributed by atoms with Crippen molar-refractivity contribution in [2.75, 3.05) is 24.5 Å². The van der Waals surface area contributed by atoms with Crippen molar-refractivity contribution >= 4 is 23.5 Å². The maximum absolute atomic E-state index is 5.75. The number of hydrogen-bond donors (Lipinski definition) is 1. The highest BCUT2D eigenvalue weighted by molar-refractivity contribution is 6.28. The van der Waals surface area contributed by atoms with Crippen molar-refractivity contribution in [3.05, 3.63) is 5.28 Å². The van der Waals surface area contributed by atoms with Gasteiger partial charge in [0.1, 0.15) is 0 Å². The van der Waals surface area contributed by atoms with E-state index in [1.165, 1.54) is 12.2 Å². The molecule has 0 saturated carbocycles. The first-order valence-electron chi connectivity index (χ1n) is 4.49. The Morgan fingerprint density at radius 3 is 2.53 bits per heavy atom. The number of rotatable bonds is 4. The standard InChI is InChI=1S/C8H14ClN5O/c1-5(2)10-7-11-6(9)12-8(13-7)14(3)15-4/h5H,1-4H3,(H,10,11,12,13). The average Bonchev–Trinajstić information content (AvgIpc) is 2.14. The van der Waals surface area contributed by atoms with E-state index in [1.807, 2.05) is 13.8 Å². The number of halogens is 1. The zero-order valence-electron chi connectivity index (χ0n) is 9.15. The van der Waals surface area contributed by atoms with Gasteiger partial charge in [-0.3, -0.25) is 4.84 Å². The fourth-order valence-corrected chi connectivity index (χ4v) is 1.04. The Morgan fingerprint density at radius 2 is 2.00 bits per heavy atom. The van der Waals surface area contributed by atoms with E-state index >= 15 is 0 Å². The van der Waals surface area contributed by atoms with Crippen molar-refractivity contribution in [2.24, 2.45) is 0 Å². The zero-order valence-corrected chi connectivity index (χ0v) is 9.91. The third-order valence-electron chi connectivity index (χ3n) is 1.57. The molecule has 0 aliphatic rings. The summed E-state index contributed by atoms with van der Waals surface area (Å²) in [7, 11) is 3.21. The smallest absolute Gasteiger partial charge is 0.255 e. The van der Waals surface area contributed by atoms with Crippen molar-refractivity contribution in [3.63, 3.8) is 0 Å². The molecule has 0 aliphatic heterocycles. The average molecular weight is 232 g/mol. The summed E-state index contributed by atoms with van der Waals surface area (Å²) in [5, 5.41) is 4.57. The second kappa shape index (κ2) is 5.09. The normalized spacial score (nSPS) is 10.5. The van der Waals surface area contributed by atoms with Crippen molar-refractivity contribution in [1.82, 2.24) is 15.0 Å². The van der Waals surface area contributed by atoms with Gasteiger partial charge in [-0.2, -0.15) is 15.0 Å². The van der Waals surface area contributed by atoms with Crippen LogP contribution in [0.5, 0.6) is 0 Å². The van der Waals surface area contributed by atoms with Gasteiger partial charge in [0, 0.05) is 13.1 Å². The molecule has 0 unspecified atom stereocenters. The van der Waals surface area contributed by atoms with E-state index < -0.39 is 0 Å². The Labute approximate surface area is 93.6 Å². The van der Waals surface area contributed by atoms with E-state index in [1.54, 1.807) is 7.05 Å². The molecule has 1 rings (SSSR count). The first-order valence-corrected chi connectivity index (χ1v) is 4.86. The van der Waals surface area contributed by atoms with Gasteiger partial charge >= 0.3 is 0 Å². The van der Waals surface area contributed by atoms with Crippen LogP contribution in [0.3, 0.4) is 0 Å².